The molecule has 1 aliphatic carbocycles. The number of ether oxygens (including phenoxy) is 1. The molecular weight excluding hydrogens is 192 g/mol. The third-order valence-corrected chi connectivity index (χ3v) is 3.20. The Morgan fingerprint density at radius 2 is 2.20 bits per heavy atom. The van der Waals surface area contributed by atoms with Crippen molar-refractivity contribution in [3.63, 3.8) is 0 Å². The molecule has 88 valence electrons. The van der Waals surface area contributed by atoms with Gasteiger partial charge >= 0.3 is 5.97 Å². The van der Waals surface area contributed by atoms with Crippen LogP contribution in [0.1, 0.15) is 45.4 Å². The van der Waals surface area contributed by atoms with Gasteiger partial charge in [-0.25, -0.2) is 0 Å². The maximum Gasteiger partial charge on any atom is 0.309 e. The molecule has 1 fully saturated rings. The Kier molecular flexibility index (Phi) is 5.09. The van der Waals surface area contributed by atoms with E-state index in [0.29, 0.717) is 5.92 Å². The van der Waals surface area contributed by atoms with E-state index in [1.165, 1.54) is 12.8 Å². The molecule has 1 saturated carbocycles. The molecule has 0 bridgehead atoms. The highest BCUT2D eigenvalue weighted by atomic mass is 16.5. The van der Waals surface area contributed by atoms with E-state index in [2.05, 4.69) is 6.92 Å². The summed E-state index contributed by atoms with van der Waals surface area (Å²) in [5.74, 6) is -0.343. The SMILES string of the molecule is CCCC[C@H](OC)[C@@H](CC1CC1)C(=O)O. The van der Waals surface area contributed by atoms with Crippen molar-refractivity contribution in [1.82, 2.24) is 0 Å². The van der Waals surface area contributed by atoms with Gasteiger partial charge in [-0.15, -0.1) is 0 Å². The molecule has 0 aromatic carbocycles. The molecule has 0 aromatic heterocycles. The van der Waals surface area contributed by atoms with E-state index in [-0.39, 0.29) is 12.0 Å². The second-order valence-electron chi connectivity index (χ2n) is 4.54. The van der Waals surface area contributed by atoms with Gasteiger partial charge in [-0.2, -0.15) is 0 Å². The van der Waals surface area contributed by atoms with Gasteiger partial charge in [0.1, 0.15) is 0 Å². The first kappa shape index (κ1) is 12.5. The molecule has 0 saturated heterocycles. The van der Waals surface area contributed by atoms with Crippen LogP contribution in [0.15, 0.2) is 0 Å². The van der Waals surface area contributed by atoms with Gasteiger partial charge in [-0.3, -0.25) is 4.79 Å². The van der Waals surface area contributed by atoms with E-state index in [0.717, 1.165) is 25.7 Å². The highest BCUT2D eigenvalue weighted by Crippen LogP contribution is 2.37. The monoisotopic (exact) mass is 214 g/mol. The van der Waals surface area contributed by atoms with Gasteiger partial charge in [-0.1, -0.05) is 32.6 Å². The van der Waals surface area contributed by atoms with Crippen LogP contribution in [-0.2, 0) is 9.53 Å². The fourth-order valence-corrected chi connectivity index (χ4v) is 2.01. The first-order chi connectivity index (χ1) is 7.19. The molecular formula is C12H22O3. The van der Waals surface area contributed by atoms with E-state index >= 15 is 0 Å². The summed E-state index contributed by atoms with van der Waals surface area (Å²) in [6, 6.07) is 0. The number of hydrogen-bond donors (Lipinski definition) is 1. The topological polar surface area (TPSA) is 46.5 Å². The van der Waals surface area contributed by atoms with Crippen LogP contribution < -0.4 is 0 Å². The van der Waals surface area contributed by atoms with Crippen LogP contribution >= 0.6 is 0 Å². The van der Waals surface area contributed by atoms with Gasteiger partial charge in [0.2, 0.25) is 0 Å². The first-order valence-corrected chi connectivity index (χ1v) is 5.94. The summed E-state index contributed by atoms with van der Waals surface area (Å²) >= 11 is 0. The molecule has 0 heterocycles. The third kappa shape index (κ3) is 4.20. The molecule has 15 heavy (non-hydrogen) atoms. The van der Waals surface area contributed by atoms with E-state index in [9.17, 15) is 9.90 Å². The largest absolute Gasteiger partial charge is 0.481 e. The average Bonchev–Trinajstić information content (AvgIpc) is 3.00. The van der Waals surface area contributed by atoms with Crippen LogP contribution in [0.4, 0.5) is 0 Å². The van der Waals surface area contributed by atoms with Crippen LogP contribution in [-0.4, -0.2) is 24.3 Å². The summed E-state index contributed by atoms with van der Waals surface area (Å²) in [5.41, 5.74) is 0. The number of rotatable bonds is 8. The Balaban J connectivity index is 2.45. The first-order valence-electron chi connectivity index (χ1n) is 5.94. The Morgan fingerprint density at radius 1 is 1.53 bits per heavy atom. The lowest BCUT2D eigenvalue weighted by Crippen LogP contribution is -2.30. The third-order valence-electron chi connectivity index (χ3n) is 3.20. The highest BCUT2D eigenvalue weighted by molar-refractivity contribution is 5.70. The summed E-state index contributed by atoms with van der Waals surface area (Å²) in [7, 11) is 1.63. The van der Waals surface area contributed by atoms with Crippen LogP contribution in [0.25, 0.3) is 0 Å². The highest BCUT2D eigenvalue weighted by Gasteiger charge is 2.34. The second-order valence-corrected chi connectivity index (χ2v) is 4.54. The molecule has 0 unspecified atom stereocenters. The minimum Gasteiger partial charge on any atom is -0.481 e. The Labute approximate surface area is 91.8 Å². The van der Waals surface area contributed by atoms with Crippen molar-refractivity contribution in [2.75, 3.05) is 7.11 Å². The zero-order valence-corrected chi connectivity index (χ0v) is 9.74. The van der Waals surface area contributed by atoms with Crippen molar-refractivity contribution in [2.45, 2.75) is 51.6 Å². The molecule has 2 atom stereocenters. The van der Waals surface area contributed by atoms with E-state index < -0.39 is 5.97 Å². The minimum absolute atomic E-state index is 0.0944. The molecule has 1 rings (SSSR count). The summed E-state index contributed by atoms with van der Waals surface area (Å²) < 4.78 is 5.32. The minimum atomic E-state index is -0.690. The number of unbranched alkanes of at least 4 members (excludes halogenated alkanes) is 1. The number of hydrogen-bond acceptors (Lipinski definition) is 2. The van der Waals surface area contributed by atoms with Gasteiger partial charge < -0.3 is 9.84 Å². The number of methoxy groups -OCH3 is 1. The average molecular weight is 214 g/mol. The van der Waals surface area contributed by atoms with Crippen molar-refractivity contribution in [3.8, 4) is 0 Å². The van der Waals surface area contributed by atoms with Crippen molar-refractivity contribution in [2.24, 2.45) is 11.8 Å². The van der Waals surface area contributed by atoms with Crippen LogP contribution in [0, 0.1) is 11.8 Å². The maximum atomic E-state index is 11.1. The predicted molar refractivity (Wildman–Crippen MR) is 58.8 cm³/mol. The van der Waals surface area contributed by atoms with E-state index in [4.69, 9.17) is 4.74 Å². The van der Waals surface area contributed by atoms with E-state index in [1.54, 1.807) is 7.11 Å². The molecule has 0 radical (unpaired) electrons. The smallest absolute Gasteiger partial charge is 0.309 e. The number of carboxylic acid groups (broad SMARTS) is 1. The Hall–Kier alpha value is -0.570. The van der Waals surface area contributed by atoms with Gasteiger partial charge in [-0.05, 0) is 18.8 Å². The van der Waals surface area contributed by atoms with Gasteiger partial charge in [0.05, 0.1) is 12.0 Å². The van der Waals surface area contributed by atoms with Crippen molar-refractivity contribution < 1.29 is 14.6 Å². The van der Waals surface area contributed by atoms with Gasteiger partial charge in [0.25, 0.3) is 0 Å². The molecule has 3 heteroatoms. The summed E-state index contributed by atoms with van der Waals surface area (Å²) in [5, 5.41) is 9.17. The lowest BCUT2D eigenvalue weighted by Gasteiger charge is -2.22. The zero-order valence-electron chi connectivity index (χ0n) is 9.74. The maximum absolute atomic E-state index is 11.1. The van der Waals surface area contributed by atoms with Crippen LogP contribution in [0.2, 0.25) is 0 Å². The fraction of sp³-hybridized carbons (Fsp3) is 0.917. The molecule has 0 spiro atoms. The number of carboxylic acids is 1. The van der Waals surface area contributed by atoms with E-state index in [1.807, 2.05) is 0 Å². The zero-order chi connectivity index (χ0) is 11.3. The Morgan fingerprint density at radius 3 is 2.60 bits per heavy atom. The molecule has 0 aromatic rings. The fourth-order valence-electron chi connectivity index (χ4n) is 2.01. The Bertz CT molecular complexity index is 199. The number of carbonyl (C=O) groups is 1. The molecule has 0 aliphatic heterocycles. The number of aliphatic carboxylic acids is 1. The van der Waals surface area contributed by atoms with Crippen LogP contribution in [0.3, 0.4) is 0 Å². The molecule has 3 nitrogen and oxygen atoms in total. The molecule has 1 N–H and O–H groups in total. The molecule has 1 aliphatic rings. The van der Waals surface area contributed by atoms with Crippen molar-refractivity contribution >= 4 is 5.97 Å². The lowest BCUT2D eigenvalue weighted by atomic mass is 9.92. The van der Waals surface area contributed by atoms with Crippen LogP contribution in [0.5, 0.6) is 0 Å². The van der Waals surface area contributed by atoms with Gasteiger partial charge in [0, 0.05) is 7.11 Å². The summed E-state index contributed by atoms with van der Waals surface area (Å²) in [6.45, 7) is 2.11. The van der Waals surface area contributed by atoms with Crippen molar-refractivity contribution in [3.05, 3.63) is 0 Å². The summed E-state index contributed by atoms with van der Waals surface area (Å²) in [4.78, 5) is 11.1. The van der Waals surface area contributed by atoms with Gasteiger partial charge in [0.15, 0.2) is 0 Å². The lowest BCUT2D eigenvalue weighted by molar-refractivity contribution is -0.147. The standard InChI is InChI=1S/C12H22O3/c1-3-4-5-11(15-2)10(12(13)14)8-9-6-7-9/h9-11H,3-8H2,1-2H3,(H,13,14)/t10-,11+/m1/s1. The summed E-state index contributed by atoms with van der Waals surface area (Å²) in [6.07, 6.45) is 6.13. The quantitative estimate of drug-likeness (QED) is 0.675. The molecule has 0 amide bonds. The normalized spacial score (nSPS) is 19.9. The second kappa shape index (κ2) is 6.11. The van der Waals surface area contributed by atoms with Crippen molar-refractivity contribution in [1.29, 1.82) is 0 Å². The predicted octanol–water partition coefficient (Wildman–Crippen LogP) is 2.69.